The van der Waals surface area contributed by atoms with Crippen LogP contribution in [0.3, 0.4) is 0 Å². The maximum atomic E-state index is 13.6. The predicted molar refractivity (Wildman–Crippen MR) is 132 cm³/mol. The van der Waals surface area contributed by atoms with Crippen LogP contribution < -0.4 is 9.64 Å². The van der Waals surface area contributed by atoms with E-state index in [-0.39, 0.29) is 12.5 Å². The van der Waals surface area contributed by atoms with Gasteiger partial charge in [-0.15, -0.1) is 0 Å². The number of carbonyl (C=O) groups excluding carboxylic acids is 1. The van der Waals surface area contributed by atoms with Crippen LogP contribution in [-0.4, -0.2) is 10.9 Å². The number of aromatic nitrogens is 1. The van der Waals surface area contributed by atoms with Crippen molar-refractivity contribution in [3.8, 4) is 11.5 Å². The van der Waals surface area contributed by atoms with E-state index >= 15 is 0 Å². The molecular weight excluding hydrogens is 456 g/mol. The zero-order valence-corrected chi connectivity index (χ0v) is 19.3. The lowest BCUT2D eigenvalue weighted by Gasteiger charge is -2.19. The van der Waals surface area contributed by atoms with E-state index in [9.17, 15) is 4.79 Å². The molecule has 164 valence electrons. The molecule has 0 saturated carbocycles. The van der Waals surface area contributed by atoms with E-state index in [1.807, 2.05) is 55.5 Å². The standard InChI is InChI=1S/C26H19ClN2O3S/c1-17-9-14-22(27)24-23(17)28-26(33-24)29(16-21-8-5-15-31-21)25(30)18-10-12-20(13-11-18)32-19-6-3-2-4-7-19/h2-15H,16H2,1H3. The van der Waals surface area contributed by atoms with Gasteiger partial charge < -0.3 is 9.15 Å². The van der Waals surface area contributed by atoms with Crippen molar-refractivity contribution in [2.75, 3.05) is 4.90 Å². The molecule has 0 N–H and O–H groups in total. The molecule has 0 radical (unpaired) electrons. The van der Waals surface area contributed by atoms with Crippen molar-refractivity contribution < 1.29 is 13.9 Å². The van der Waals surface area contributed by atoms with Crippen molar-refractivity contribution in [1.29, 1.82) is 0 Å². The van der Waals surface area contributed by atoms with E-state index in [0.29, 0.717) is 27.2 Å². The molecule has 0 bridgehead atoms. The summed E-state index contributed by atoms with van der Waals surface area (Å²) >= 11 is 7.80. The van der Waals surface area contributed by atoms with E-state index in [2.05, 4.69) is 0 Å². The van der Waals surface area contributed by atoms with Crippen LogP contribution in [0.2, 0.25) is 5.02 Å². The quantitative estimate of drug-likeness (QED) is 0.256. The summed E-state index contributed by atoms with van der Waals surface area (Å²) in [6.07, 6.45) is 1.59. The molecule has 3 aromatic carbocycles. The summed E-state index contributed by atoms with van der Waals surface area (Å²) in [6.45, 7) is 2.23. The highest BCUT2D eigenvalue weighted by Crippen LogP contribution is 2.36. The third-order valence-electron chi connectivity index (χ3n) is 5.14. The Hall–Kier alpha value is -3.61. The fourth-order valence-electron chi connectivity index (χ4n) is 3.44. The molecular formula is C26H19ClN2O3S. The van der Waals surface area contributed by atoms with Crippen molar-refractivity contribution in [3.63, 3.8) is 0 Å². The molecule has 0 aliphatic heterocycles. The molecule has 0 spiro atoms. The second-order valence-corrected chi connectivity index (χ2v) is 8.83. The summed E-state index contributed by atoms with van der Waals surface area (Å²) in [6, 6.07) is 24.0. The predicted octanol–water partition coefficient (Wildman–Crippen LogP) is 7.49. The maximum Gasteiger partial charge on any atom is 0.260 e. The van der Waals surface area contributed by atoms with E-state index < -0.39 is 0 Å². The zero-order chi connectivity index (χ0) is 22.8. The van der Waals surface area contributed by atoms with Crippen LogP contribution in [0.5, 0.6) is 11.5 Å². The van der Waals surface area contributed by atoms with Gasteiger partial charge in [-0.1, -0.05) is 47.2 Å². The fraction of sp³-hybridized carbons (Fsp3) is 0.0769. The molecule has 7 heteroatoms. The Morgan fingerprint density at radius 3 is 2.45 bits per heavy atom. The Balaban J connectivity index is 1.47. The second kappa shape index (κ2) is 9.10. The van der Waals surface area contributed by atoms with Gasteiger partial charge in [0.25, 0.3) is 5.91 Å². The molecule has 5 rings (SSSR count). The van der Waals surface area contributed by atoms with Crippen LogP contribution in [0, 0.1) is 6.92 Å². The van der Waals surface area contributed by atoms with Gasteiger partial charge in [0.05, 0.1) is 28.0 Å². The number of thiazole rings is 1. The average Bonchev–Trinajstić information content (AvgIpc) is 3.51. The van der Waals surface area contributed by atoms with Crippen molar-refractivity contribution in [2.24, 2.45) is 0 Å². The lowest BCUT2D eigenvalue weighted by Crippen LogP contribution is -2.30. The summed E-state index contributed by atoms with van der Waals surface area (Å²) in [5.41, 5.74) is 2.32. The third-order valence-corrected chi connectivity index (χ3v) is 6.67. The second-order valence-electron chi connectivity index (χ2n) is 7.45. The minimum atomic E-state index is -0.189. The fourth-order valence-corrected chi connectivity index (χ4v) is 4.75. The molecule has 1 amide bonds. The molecule has 0 fully saturated rings. The monoisotopic (exact) mass is 474 g/mol. The third kappa shape index (κ3) is 4.49. The number of benzene rings is 3. The average molecular weight is 475 g/mol. The molecule has 33 heavy (non-hydrogen) atoms. The summed E-state index contributed by atoms with van der Waals surface area (Å²) in [4.78, 5) is 19.9. The largest absolute Gasteiger partial charge is 0.467 e. The van der Waals surface area contributed by atoms with Gasteiger partial charge in [-0.25, -0.2) is 4.98 Å². The number of anilines is 1. The Bertz CT molecular complexity index is 1360. The Morgan fingerprint density at radius 2 is 1.76 bits per heavy atom. The number of nitrogens with zero attached hydrogens (tertiary/aromatic N) is 2. The molecule has 5 aromatic rings. The topological polar surface area (TPSA) is 55.6 Å². The van der Waals surface area contributed by atoms with Gasteiger partial charge in [0.1, 0.15) is 17.3 Å². The van der Waals surface area contributed by atoms with Gasteiger partial charge in [0, 0.05) is 5.56 Å². The number of fused-ring (bicyclic) bond motifs is 1. The van der Waals surface area contributed by atoms with Gasteiger partial charge in [0.2, 0.25) is 0 Å². The Morgan fingerprint density at radius 1 is 1.00 bits per heavy atom. The van der Waals surface area contributed by atoms with Gasteiger partial charge in [-0.05, 0) is 67.1 Å². The van der Waals surface area contributed by atoms with E-state index in [4.69, 9.17) is 25.7 Å². The summed E-state index contributed by atoms with van der Waals surface area (Å²) < 4.78 is 12.2. The van der Waals surface area contributed by atoms with Crippen LogP contribution in [0.15, 0.2) is 89.5 Å². The zero-order valence-electron chi connectivity index (χ0n) is 17.7. The molecule has 0 saturated heterocycles. The smallest absolute Gasteiger partial charge is 0.260 e. The normalized spacial score (nSPS) is 11.0. The lowest BCUT2D eigenvalue weighted by molar-refractivity contribution is 0.0983. The number of rotatable bonds is 6. The molecule has 0 aliphatic carbocycles. The number of hydrogen-bond acceptors (Lipinski definition) is 5. The Kier molecular flexibility index (Phi) is 5.86. The number of carbonyl (C=O) groups is 1. The van der Waals surface area contributed by atoms with Gasteiger partial charge in [0.15, 0.2) is 5.13 Å². The first-order chi connectivity index (χ1) is 16.1. The van der Waals surface area contributed by atoms with Crippen LogP contribution in [0.4, 0.5) is 5.13 Å². The molecule has 2 heterocycles. The van der Waals surface area contributed by atoms with Crippen molar-refractivity contribution in [2.45, 2.75) is 13.5 Å². The van der Waals surface area contributed by atoms with Crippen LogP contribution in [-0.2, 0) is 6.54 Å². The first-order valence-electron chi connectivity index (χ1n) is 10.3. The SMILES string of the molecule is Cc1ccc(Cl)c2sc(N(Cc3ccco3)C(=O)c3ccc(Oc4ccccc4)cc3)nc12. The number of aryl methyl sites for hydroxylation is 1. The van der Waals surface area contributed by atoms with Gasteiger partial charge >= 0.3 is 0 Å². The van der Waals surface area contributed by atoms with Gasteiger partial charge in [-0.2, -0.15) is 0 Å². The first kappa shape index (κ1) is 21.2. The summed E-state index contributed by atoms with van der Waals surface area (Å²) in [5.74, 6) is 1.86. The summed E-state index contributed by atoms with van der Waals surface area (Å²) in [5, 5.41) is 1.18. The molecule has 5 nitrogen and oxygen atoms in total. The Labute approximate surface area is 199 Å². The van der Waals surface area contributed by atoms with Crippen LogP contribution >= 0.6 is 22.9 Å². The van der Waals surface area contributed by atoms with Crippen molar-refractivity contribution in [3.05, 3.63) is 107 Å². The highest BCUT2D eigenvalue weighted by Gasteiger charge is 2.24. The van der Waals surface area contributed by atoms with E-state index in [1.165, 1.54) is 11.3 Å². The van der Waals surface area contributed by atoms with E-state index in [0.717, 1.165) is 21.5 Å². The van der Waals surface area contributed by atoms with Crippen molar-refractivity contribution >= 4 is 44.2 Å². The van der Waals surface area contributed by atoms with E-state index in [1.54, 1.807) is 41.5 Å². The minimum Gasteiger partial charge on any atom is -0.467 e. The highest BCUT2D eigenvalue weighted by molar-refractivity contribution is 7.23. The molecule has 2 aromatic heterocycles. The van der Waals surface area contributed by atoms with Crippen LogP contribution in [0.1, 0.15) is 21.7 Å². The van der Waals surface area contributed by atoms with Crippen molar-refractivity contribution in [1.82, 2.24) is 4.98 Å². The minimum absolute atomic E-state index is 0.189. The number of furan rings is 1. The maximum absolute atomic E-state index is 13.6. The highest BCUT2D eigenvalue weighted by atomic mass is 35.5. The van der Waals surface area contributed by atoms with Crippen LogP contribution in [0.25, 0.3) is 10.2 Å². The number of para-hydroxylation sites is 1. The molecule has 0 atom stereocenters. The molecule has 0 unspecified atom stereocenters. The number of hydrogen-bond donors (Lipinski definition) is 0. The van der Waals surface area contributed by atoms with Gasteiger partial charge in [-0.3, -0.25) is 9.69 Å². The molecule has 0 aliphatic rings. The lowest BCUT2D eigenvalue weighted by atomic mass is 10.2. The summed E-state index contributed by atoms with van der Waals surface area (Å²) in [7, 11) is 0. The first-order valence-corrected chi connectivity index (χ1v) is 11.5. The number of amides is 1. The number of halogens is 1. The number of ether oxygens (including phenoxy) is 1.